The summed E-state index contributed by atoms with van der Waals surface area (Å²) in [4.78, 5) is 4.54. The first-order chi connectivity index (χ1) is 11.5. The van der Waals surface area contributed by atoms with Crippen molar-refractivity contribution in [2.75, 3.05) is 32.8 Å². The third-order valence-electron chi connectivity index (χ3n) is 3.77. The van der Waals surface area contributed by atoms with Crippen molar-refractivity contribution in [3.8, 4) is 5.75 Å². The lowest BCUT2D eigenvalue weighted by Gasteiger charge is -2.21. The highest BCUT2D eigenvalue weighted by Gasteiger charge is 2.29. The molecule has 1 aromatic rings. The van der Waals surface area contributed by atoms with E-state index < -0.39 is 11.6 Å². The van der Waals surface area contributed by atoms with Gasteiger partial charge in [-0.15, -0.1) is 0 Å². The molecule has 0 spiro atoms. The van der Waals surface area contributed by atoms with Gasteiger partial charge in [-0.25, -0.2) is 8.78 Å². The highest BCUT2D eigenvalue weighted by Crippen LogP contribution is 2.24. The van der Waals surface area contributed by atoms with Gasteiger partial charge in [0.15, 0.2) is 17.6 Å². The highest BCUT2D eigenvalue weighted by molar-refractivity contribution is 5.79. The van der Waals surface area contributed by atoms with E-state index in [0.29, 0.717) is 31.4 Å². The molecule has 2 rings (SSSR count). The van der Waals surface area contributed by atoms with E-state index in [-0.39, 0.29) is 5.60 Å². The lowest BCUT2D eigenvalue weighted by Crippen LogP contribution is -2.40. The Labute approximate surface area is 141 Å². The summed E-state index contributed by atoms with van der Waals surface area (Å²) in [6.45, 7) is 6.98. The fourth-order valence-electron chi connectivity index (χ4n) is 2.45. The summed E-state index contributed by atoms with van der Waals surface area (Å²) in [5, 5.41) is 6.31. The minimum atomic E-state index is -0.917. The first-order valence-electron chi connectivity index (χ1n) is 8.26. The van der Waals surface area contributed by atoms with E-state index in [1.54, 1.807) is 0 Å². The molecule has 0 amide bonds. The third-order valence-corrected chi connectivity index (χ3v) is 3.77. The molecule has 0 bridgehead atoms. The molecule has 134 valence electrons. The standard InChI is InChI=1S/C17H25F2N3O2/c1-3-20-16(22-12-17(2)7-4-9-24-17)21-8-10-23-13-5-6-14(18)15(19)11-13/h5-6,11H,3-4,7-10,12H2,1-2H3,(H2,20,21,22). The van der Waals surface area contributed by atoms with E-state index in [4.69, 9.17) is 9.47 Å². The predicted molar refractivity (Wildman–Crippen MR) is 89.4 cm³/mol. The molecule has 1 heterocycles. The summed E-state index contributed by atoms with van der Waals surface area (Å²) < 4.78 is 37.0. The molecule has 7 heteroatoms. The monoisotopic (exact) mass is 341 g/mol. The second-order valence-electron chi connectivity index (χ2n) is 5.95. The number of ether oxygens (including phenoxy) is 2. The molecule has 2 N–H and O–H groups in total. The Morgan fingerprint density at radius 3 is 2.83 bits per heavy atom. The Balaban J connectivity index is 1.77. The van der Waals surface area contributed by atoms with Crippen molar-refractivity contribution in [2.24, 2.45) is 4.99 Å². The SMILES string of the molecule is CCNC(=NCC1(C)CCCO1)NCCOc1ccc(F)c(F)c1. The summed E-state index contributed by atoms with van der Waals surface area (Å²) >= 11 is 0. The molecule has 0 aliphatic carbocycles. The van der Waals surface area contributed by atoms with Gasteiger partial charge in [-0.05, 0) is 38.8 Å². The molecular weight excluding hydrogens is 316 g/mol. The van der Waals surface area contributed by atoms with E-state index in [1.165, 1.54) is 6.07 Å². The molecule has 0 saturated carbocycles. The molecule has 0 radical (unpaired) electrons. The van der Waals surface area contributed by atoms with Crippen LogP contribution in [0.5, 0.6) is 5.75 Å². The quantitative estimate of drug-likeness (QED) is 0.454. The topological polar surface area (TPSA) is 54.9 Å². The largest absolute Gasteiger partial charge is 0.492 e. The number of rotatable bonds is 7. The molecule has 1 fully saturated rings. The average Bonchev–Trinajstić information content (AvgIpc) is 2.99. The molecule has 1 aromatic carbocycles. The Bertz CT molecular complexity index is 561. The maximum absolute atomic E-state index is 13.1. The van der Waals surface area contributed by atoms with Gasteiger partial charge in [0.2, 0.25) is 0 Å². The zero-order valence-electron chi connectivity index (χ0n) is 14.2. The molecule has 24 heavy (non-hydrogen) atoms. The first-order valence-corrected chi connectivity index (χ1v) is 8.26. The number of guanidine groups is 1. The van der Waals surface area contributed by atoms with Gasteiger partial charge in [0.25, 0.3) is 0 Å². The lowest BCUT2D eigenvalue weighted by atomic mass is 10.0. The molecule has 1 atom stereocenters. The summed E-state index contributed by atoms with van der Waals surface area (Å²) in [6.07, 6.45) is 2.08. The van der Waals surface area contributed by atoms with Crippen LogP contribution in [0, 0.1) is 11.6 Å². The van der Waals surface area contributed by atoms with Gasteiger partial charge in [-0.1, -0.05) is 0 Å². The van der Waals surface area contributed by atoms with E-state index in [0.717, 1.165) is 38.1 Å². The molecule has 1 unspecified atom stereocenters. The van der Waals surface area contributed by atoms with Crippen molar-refractivity contribution in [1.29, 1.82) is 0 Å². The van der Waals surface area contributed by atoms with Gasteiger partial charge in [0, 0.05) is 19.2 Å². The Morgan fingerprint density at radius 2 is 2.17 bits per heavy atom. The summed E-state index contributed by atoms with van der Waals surface area (Å²) in [5.41, 5.74) is -0.190. The van der Waals surface area contributed by atoms with Crippen LogP contribution in [-0.4, -0.2) is 44.4 Å². The van der Waals surface area contributed by atoms with Crippen molar-refractivity contribution in [1.82, 2.24) is 10.6 Å². The number of nitrogens with one attached hydrogen (secondary N) is 2. The Morgan fingerprint density at radius 1 is 1.33 bits per heavy atom. The van der Waals surface area contributed by atoms with Crippen molar-refractivity contribution < 1.29 is 18.3 Å². The molecule has 1 aliphatic heterocycles. The summed E-state index contributed by atoms with van der Waals surface area (Å²) in [5.74, 6) is -0.822. The van der Waals surface area contributed by atoms with Crippen molar-refractivity contribution in [3.05, 3.63) is 29.8 Å². The Hall–Kier alpha value is -1.89. The number of benzene rings is 1. The summed E-state index contributed by atoms with van der Waals surface area (Å²) in [7, 11) is 0. The number of halogens is 2. The summed E-state index contributed by atoms with van der Waals surface area (Å²) in [6, 6.07) is 3.48. The highest BCUT2D eigenvalue weighted by atomic mass is 19.2. The number of hydrogen-bond donors (Lipinski definition) is 2. The lowest BCUT2D eigenvalue weighted by molar-refractivity contribution is 0.0283. The van der Waals surface area contributed by atoms with Crippen LogP contribution in [0.2, 0.25) is 0 Å². The second-order valence-corrected chi connectivity index (χ2v) is 5.95. The maximum Gasteiger partial charge on any atom is 0.191 e. The molecule has 5 nitrogen and oxygen atoms in total. The second kappa shape index (κ2) is 8.82. The van der Waals surface area contributed by atoms with Crippen molar-refractivity contribution >= 4 is 5.96 Å². The van der Waals surface area contributed by atoms with Crippen LogP contribution >= 0.6 is 0 Å². The van der Waals surface area contributed by atoms with Crippen molar-refractivity contribution in [2.45, 2.75) is 32.3 Å². The Kier molecular flexibility index (Phi) is 6.78. The fourth-order valence-corrected chi connectivity index (χ4v) is 2.45. The van der Waals surface area contributed by atoms with Gasteiger partial charge < -0.3 is 20.1 Å². The van der Waals surface area contributed by atoms with Crippen LogP contribution < -0.4 is 15.4 Å². The zero-order chi connectivity index (χ0) is 17.4. The predicted octanol–water partition coefficient (Wildman–Crippen LogP) is 2.47. The fraction of sp³-hybridized carbons (Fsp3) is 0.588. The van der Waals surface area contributed by atoms with Gasteiger partial charge in [0.05, 0.1) is 18.7 Å². The van der Waals surface area contributed by atoms with Gasteiger partial charge >= 0.3 is 0 Å². The smallest absolute Gasteiger partial charge is 0.191 e. The molecule has 1 aliphatic rings. The van der Waals surface area contributed by atoms with Crippen LogP contribution in [0.3, 0.4) is 0 Å². The van der Waals surface area contributed by atoms with Gasteiger partial charge in [0.1, 0.15) is 12.4 Å². The number of aliphatic imine (C=N–C) groups is 1. The van der Waals surface area contributed by atoms with Crippen molar-refractivity contribution in [3.63, 3.8) is 0 Å². The third kappa shape index (κ3) is 5.63. The minimum absolute atomic E-state index is 0.190. The number of hydrogen-bond acceptors (Lipinski definition) is 3. The van der Waals surface area contributed by atoms with Crippen LogP contribution in [0.1, 0.15) is 26.7 Å². The molecule has 0 aromatic heterocycles. The van der Waals surface area contributed by atoms with E-state index in [1.807, 2.05) is 6.92 Å². The van der Waals surface area contributed by atoms with Gasteiger partial charge in [-0.3, -0.25) is 4.99 Å². The zero-order valence-corrected chi connectivity index (χ0v) is 14.2. The molecule has 1 saturated heterocycles. The normalized spacial score (nSPS) is 20.9. The molecular formula is C17H25F2N3O2. The minimum Gasteiger partial charge on any atom is -0.492 e. The average molecular weight is 341 g/mol. The van der Waals surface area contributed by atoms with E-state index in [2.05, 4.69) is 22.5 Å². The number of nitrogens with zero attached hydrogens (tertiary/aromatic N) is 1. The van der Waals surface area contributed by atoms with Crippen LogP contribution in [0.15, 0.2) is 23.2 Å². The first kappa shape index (κ1) is 18.4. The van der Waals surface area contributed by atoms with Crippen LogP contribution in [-0.2, 0) is 4.74 Å². The van der Waals surface area contributed by atoms with E-state index >= 15 is 0 Å². The van der Waals surface area contributed by atoms with Crippen LogP contribution in [0.4, 0.5) is 8.78 Å². The van der Waals surface area contributed by atoms with Gasteiger partial charge in [-0.2, -0.15) is 0 Å². The maximum atomic E-state index is 13.1. The van der Waals surface area contributed by atoms with Crippen LogP contribution in [0.25, 0.3) is 0 Å². The van der Waals surface area contributed by atoms with E-state index in [9.17, 15) is 8.78 Å².